The molecule has 0 spiro atoms. The second-order valence-corrected chi connectivity index (χ2v) is 3.71. The number of nitrogens with two attached hydrogens (primary N) is 1. The van der Waals surface area contributed by atoms with Crippen molar-refractivity contribution in [1.82, 2.24) is 9.89 Å². The lowest BCUT2D eigenvalue weighted by Gasteiger charge is -2.20. The zero-order chi connectivity index (χ0) is 11.8. The highest BCUT2D eigenvalue weighted by Crippen LogP contribution is 2.20. The summed E-state index contributed by atoms with van der Waals surface area (Å²) in [5, 5.41) is 6.79. The molecule has 2 aromatic rings. The lowest BCUT2D eigenvalue weighted by atomic mass is 10.2. The molecule has 1 aliphatic rings. The predicted molar refractivity (Wildman–Crippen MR) is 64.9 cm³/mol. The second kappa shape index (κ2) is 3.58. The van der Waals surface area contributed by atoms with Crippen LogP contribution in [0.15, 0.2) is 41.4 Å². The topological polar surface area (TPSA) is 59.4 Å². The average molecular weight is 231 g/mol. The summed E-state index contributed by atoms with van der Waals surface area (Å²) in [7, 11) is 0. The third kappa shape index (κ3) is 1.54. The zero-order valence-electron chi connectivity index (χ0n) is 8.92. The molecular formula is C11H10FN5. The van der Waals surface area contributed by atoms with Crippen LogP contribution >= 0.6 is 0 Å². The molecular weight excluding hydrogens is 221 g/mol. The van der Waals surface area contributed by atoms with Crippen LogP contribution in [0.1, 0.15) is 0 Å². The van der Waals surface area contributed by atoms with Gasteiger partial charge in [-0.1, -0.05) is 6.07 Å². The van der Waals surface area contributed by atoms with E-state index in [1.807, 2.05) is 18.2 Å². The molecule has 1 aromatic carbocycles. The highest BCUT2D eigenvalue weighted by atomic mass is 19.1. The summed E-state index contributed by atoms with van der Waals surface area (Å²) >= 11 is 0. The molecule has 86 valence electrons. The number of aromatic nitrogens is 2. The standard InChI is InChI=1S/C11H10FN5/c12-11-4-5-16(7-14-11)17-10-3-1-2-9(13)8(10)6-15-17/h1-4,6-7H,5,13H2. The van der Waals surface area contributed by atoms with Crippen molar-refractivity contribution in [2.75, 3.05) is 17.3 Å². The highest BCUT2D eigenvalue weighted by Gasteiger charge is 2.12. The zero-order valence-corrected chi connectivity index (χ0v) is 8.92. The van der Waals surface area contributed by atoms with E-state index < -0.39 is 5.95 Å². The van der Waals surface area contributed by atoms with Crippen LogP contribution in [0.2, 0.25) is 0 Å². The second-order valence-electron chi connectivity index (χ2n) is 3.71. The third-order valence-electron chi connectivity index (χ3n) is 2.63. The van der Waals surface area contributed by atoms with Crippen molar-refractivity contribution < 1.29 is 4.39 Å². The van der Waals surface area contributed by atoms with Crippen LogP contribution in [-0.4, -0.2) is 22.8 Å². The smallest absolute Gasteiger partial charge is 0.212 e. The predicted octanol–water partition coefficient (Wildman–Crippen LogP) is 1.41. The van der Waals surface area contributed by atoms with Gasteiger partial charge in [0.05, 0.1) is 18.3 Å². The monoisotopic (exact) mass is 231 g/mol. The van der Waals surface area contributed by atoms with Crippen LogP contribution in [0.3, 0.4) is 0 Å². The van der Waals surface area contributed by atoms with Gasteiger partial charge in [0.1, 0.15) is 6.34 Å². The first-order valence-electron chi connectivity index (χ1n) is 5.15. The lowest BCUT2D eigenvalue weighted by molar-refractivity contribution is 0.601. The van der Waals surface area contributed by atoms with Crippen molar-refractivity contribution in [2.45, 2.75) is 0 Å². The molecule has 0 unspecified atom stereocenters. The lowest BCUT2D eigenvalue weighted by Crippen LogP contribution is -2.35. The van der Waals surface area contributed by atoms with E-state index in [-0.39, 0.29) is 0 Å². The van der Waals surface area contributed by atoms with Crippen molar-refractivity contribution in [2.24, 2.45) is 4.99 Å². The normalized spacial score (nSPS) is 15.4. The van der Waals surface area contributed by atoms with Crippen LogP contribution < -0.4 is 10.7 Å². The minimum Gasteiger partial charge on any atom is -0.398 e. The Morgan fingerprint density at radius 3 is 3.00 bits per heavy atom. The van der Waals surface area contributed by atoms with E-state index in [1.54, 1.807) is 16.0 Å². The van der Waals surface area contributed by atoms with Crippen LogP contribution in [0.25, 0.3) is 10.9 Å². The number of rotatable bonds is 1. The number of anilines is 1. The van der Waals surface area contributed by atoms with Crippen molar-refractivity contribution in [3.63, 3.8) is 0 Å². The Hall–Kier alpha value is -2.37. The summed E-state index contributed by atoms with van der Waals surface area (Å²) in [6.45, 7) is 0.390. The fraction of sp³-hybridized carbons (Fsp3) is 0.0909. The van der Waals surface area contributed by atoms with Crippen molar-refractivity contribution in [3.8, 4) is 0 Å². The Kier molecular flexibility index (Phi) is 2.07. The van der Waals surface area contributed by atoms with Crippen LogP contribution in [-0.2, 0) is 0 Å². The Morgan fingerprint density at radius 2 is 2.24 bits per heavy atom. The molecule has 0 amide bonds. The number of hydrogen-bond acceptors (Lipinski definition) is 4. The SMILES string of the molecule is Nc1cccc2c1cnn2N1C=NC(F)=CC1. The van der Waals surface area contributed by atoms with E-state index in [2.05, 4.69) is 10.1 Å². The van der Waals surface area contributed by atoms with E-state index in [0.717, 1.165) is 10.9 Å². The van der Waals surface area contributed by atoms with Gasteiger partial charge in [-0.25, -0.2) is 10.0 Å². The Morgan fingerprint density at radius 1 is 1.35 bits per heavy atom. The first-order valence-corrected chi connectivity index (χ1v) is 5.15. The maximum absolute atomic E-state index is 12.8. The van der Waals surface area contributed by atoms with Crippen LogP contribution in [0.5, 0.6) is 0 Å². The first kappa shape index (κ1) is 9.83. The fourth-order valence-electron chi connectivity index (χ4n) is 1.78. The molecule has 0 bridgehead atoms. The molecule has 1 aliphatic heterocycles. The maximum atomic E-state index is 12.8. The van der Waals surface area contributed by atoms with Gasteiger partial charge in [-0.05, 0) is 18.2 Å². The Balaban J connectivity index is 2.08. The number of hydrogen-bond donors (Lipinski definition) is 1. The van der Waals surface area contributed by atoms with E-state index in [4.69, 9.17) is 5.73 Å². The van der Waals surface area contributed by atoms with Crippen molar-refractivity contribution in [1.29, 1.82) is 0 Å². The molecule has 2 N–H and O–H groups in total. The van der Waals surface area contributed by atoms with Gasteiger partial charge in [0.25, 0.3) is 0 Å². The van der Waals surface area contributed by atoms with Gasteiger partial charge in [0, 0.05) is 11.1 Å². The van der Waals surface area contributed by atoms with Gasteiger partial charge >= 0.3 is 0 Å². The van der Waals surface area contributed by atoms with E-state index in [9.17, 15) is 4.39 Å². The van der Waals surface area contributed by atoms with Crippen LogP contribution in [0, 0.1) is 0 Å². The summed E-state index contributed by atoms with van der Waals surface area (Å²) in [4.78, 5) is 5.25. The van der Waals surface area contributed by atoms with Crippen molar-refractivity contribution >= 4 is 22.9 Å². The minimum atomic E-state index is -0.475. The van der Waals surface area contributed by atoms with E-state index in [0.29, 0.717) is 12.2 Å². The molecule has 0 radical (unpaired) electrons. The summed E-state index contributed by atoms with van der Waals surface area (Å²) in [5.74, 6) is -0.475. The van der Waals surface area contributed by atoms with Gasteiger partial charge in [0.2, 0.25) is 5.95 Å². The molecule has 6 heteroatoms. The van der Waals surface area contributed by atoms with Gasteiger partial charge in [-0.2, -0.15) is 14.3 Å². The Labute approximate surface area is 96.6 Å². The minimum absolute atomic E-state index is 0.390. The number of halogens is 1. The summed E-state index contributed by atoms with van der Waals surface area (Å²) in [5.41, 5.74) is 7.38. The molecule has 0 fully saturated rings. The summed E-state index contributed by atoms with van der Waals surface area (Å²) < 4.78 is 12.8. The highest BCUT2D eigenvalue weighted by molar-refractivity contribution is 5.91. The van der Waals surface area contributed by atoms with Gasteiger partial charge in [-0.3, -0.25) is 0 Å². The molecule has 0 saturated heterocycles. The number of nitrogen functional groups attached to an aromatic ring is 1. The molecule has 17 heavy (non-hydrogen) atoms. The largest absolute Gasteiger partial charge is 0.398 e. The average Bonchev–Trinajstić information content (AvgIpc) is 2.75. The first-order chi connectivity index (χ1) is 8.25. The van der Waals surface area contributed by atoms with E-state index >= 15 is 0 Å². The summed E-state index contributed by atoms with van der Waals surface area (Å²) in [6.07, 6.45) is 4.48. The van der Waals surface area contributed by atoms with E-state index in [1.165, 1.54) is 12.4 Å². The van der Waals surface area contributed by atoms with Gasteiger partial charge < -0.3 is 5.73 Å². The fourth-order valence-corrected chi connectivity index (χ4v) is 1.78. The molecule has 2 heterocycles. The number of aliphatic imine (C=N–C) groups is 1. The molecule has 0 atom stereocenters. The molecule has 5 nitrogen and oxygen atoms in total. The Bertz CT molecular complexity index is 628. The van der Waals surface area contributed by atoms with Gasteiger partial charge in [-0.15, -0.1) is 0 Å². The molecule has 0 aliphatic carbocycles. The van der Waals surface area contributed by atoms with Crippen LogP contribution in [0.4, 0.5) is 10.1 Å². The molecule has 1 aromatic heterocycles. The van der Waals surface area contributed by atoms with Crippen molar-refractivity contribution in [3.05, 3.63) is 36.4 Å². The molecule has 3 rings (SSSR count). The van der Waals surface area contributed by atoms with Gasteiger partial charge in [0.15, 0.2) is 0 Å². The third-order valence-corrected chi connectivity index (χ3v) is 2.63. The quantitative estimate of drug-likeness (QED) is 0.596. The number of fused-ring (bicyclic) bond motifs is 1. The number of nitrogens with zero attached hydrogens (tertiary/aromatic N) is 4. The molecule has 0 saturated carbocycles. The maximum Gasteiger partial charge on any atom is 0.212 e. The number of benzene rings is 1. The summed E-state index contributed by atoms with van der Waals surface area (Å²) in [6, 6.07) is 5.58.